The molecule has 1 aliphatic carbocycles. The highest BCUT2D eigenvalue weighted by Crippen LogP contribution is 2.25. The summed E-state index contributed by atoms with van der Waals surface area (Å²) in [6.45, 7) is 0. The van der Waals surface area contributed by atoms with Crippen LogP contribution in [0.15, 0.2) is 0 Å². The van der Waals surface area contributed by atoms with E-state index in [1.54, 1.807) is 0 Å². The first-order valence-electron chi connectivity index (χ1n) is 4.17. The molecule has 0 unspecified atom stereocenters. The Kier molecular flexibility index (Phi) is 3.37. The van der Waals surface area contributed by atoms with Gasteiger partial charge in [0.15, 0.2) is 0 Å². The van der Waals surface area contributed by atoms with Gasteiger partial charge in [0, 0.05) is 6.04 Å². The lowest BCUT2D eigenvalue weighted by Gasteiger charge is -2.26. The first kappa shape index (κ1) is 10.3. The second-order valence-electron chi connectivity index (χ2n) is 3.30. The van der Waals surface area contributed by atoms with Gasteiger partial charge < -0.3 is 0 Å². The molecule has 1 rings (SSSR count). The fourth-order valence-electron chi connectivity index (χ4n) is 1.55. The molecule has 0 heterocycles. The van der Waals surface area contributed by atoms with Crippen molar-refractivity contribution in [1.29, 1.82) is 0 Å². The minimum atomic E-state index is -3.20. The molecule has 5 heteroatoms. The van der Waals surface area contributed by atoms with Gasteiger partial charge in [-0.2, -0.15) is 0 Å². The highest BCUT2D eigenvalue weighted by atomic mass is 35.5. The summed E-state index contributed by atoms with van der Waals surface area (Å²) in [7, 11) is -3.20. The van der Waals surface area contributed by atoms with E-state index in [0.29, 0.717) is 0 Å². The maximum atomic E-state index is 11.0. The maximum absolute atomic E-state index is 11.0. The van der Waals surface area contributed by atoms with Crippen molar-refractivity contribution in [3.63, 3.8) is 0 Å². The molecular weight excluding hydrogens is 198 g/mol. The van der Waals surface area contributed by atoms with Crippen LogP contribution in [0.5, 0.6) is 0 Å². The van der Waals surface area contributed by atoms with E-state index < -0.39 is 10.0 Å². The zero-order chi connectivity index (χ0) is 9.19. The first-order chi connectivity index (χ1) is 5.52. The van der Waals surface area contributed by atoms with Gasteiger partial charge in [-0.05, 0) is 24.6 Å². The van der Waals surface area contributed by atoms with Gasteiger partial charge in [-0.1, -0.05) is 19.3 Å². The molecule has 1 aliphatic rings. The summed E-state index contributed by atoms with van der Waals surface area (Å²) < 4.78 is 23.0. The molecule has 0 aromatic heterocycles. The van der Waals surface area contributed by atoms with E-state index in [-0.39, 0.29) is 6.04 Å². The molecule has 1 saturated carbocycles. The molecule has 0 spiro atoms. The van der Waals surface area contributed by atoms with Gasteiger partial charge in [0.05, 0.1) is 6.26 Å². The molecule has 0 N–H and O–H groups in total. The lowest BCUT2D eigenvalue weighted by molar-refractivity contribution is 0.340. The van der Waals surface area contributed by atoms with Crippen LogP contribution in [0, 0.1) is 0 Å². The Morgan fingerprint density at radius 2 is 1.75 bits per heavy atom. The second-order valence-corrected chi connectivity index (χ2v) is 5.72. The van der Waals surface area contributed by atoms with Crippen molar-refractivity contribution in [2.45, 2.75) is 38.1 Å². The van der Waals surface area contributed by atoms with Gasteiger partial charge in [0.2, 0.25) is 10.0 Å². The van der Waals surface area contributed by atoms with Gasteiger partial charge in [-0.25, -0.2) is 8.42 Å². The molecule has 0 aliphatic heterocycles. The molecule has 0 atom stereocenters. The number of halogens is 1. The normalized spacial score (nSPS) is 21.6. The second kappa shape index (κ2) is 3.94. The topological polar surface area (TPSA) is 37.4 Å². The highest BCUT2D eigenvalue weighted by Gasteiger charge is 2.26. The van der Waals surface area contributed by atoms with Crippen molar-refractivity contribution in [1.82, 2.24) is 3.82 Å². The number of hydrogen-bond acceptors (Lipinski definition) is 2. The lowest BCUT2D eigenvalue weighted by atomic mass is 9.96. The quantitative estimate of drug-likeness (QED) is 0.653. The predicted octanol–water partition coefficient (Wildman–Crippen LogP) is 1.73. The van der Waals surface area contributed by atoms with Crippen LogP contribution in [0.25, 0.3) is 0 Å². The molecule has 0 saturated heterocycles. The monoisotopic (exact) mass is 211 g/mol. The fraction of sp³-hybridized carbons (Fsp3) is 1.00. The number of hydrogen-bond donors (Lipinski definition) is 0. The summed E-state index contributed by atoms with van der Waals surface area (Å²) in [4.78, 5) is 0. The van der Waals surface area contributed by atoms with Crippen molar-refractivity contribution >= 4 is 21.8 Å². The highest BCUT2D eigenvalue weighted by molar-refractivity contribution is 7.89. The van der Waals surface area contributed by atoms with Crippen LogP contribution < -0.4 is 0 Å². The third-order valence-corrected chi connectivity index (χ3v) is 4.14. The summed E-state index contributed by atoms with van der Waals surface area (Å²) in [5, 5.41) is 0. The molecule has 0 amide bonds. The molecular formula is C7H14ClNO2S. The third kappa shape index (κ3) is 2.61. The standard InChI is InChI=1S/C7H14ClNO2S/c1-12(10,11)9(8)7-5-3-2-4-6-7/h7H,2-6H2,1H3. The van der Waals surface area contributed by atoms with Gasteiger partial charge in [0.1, 0.15) is 0 Å². The largest absolute Gasteiger partial charge is 0.224 e. The Morgan fingerprint density at radius 1 is 1.25 bits per heavy atom. The average Bonchev–Trinajstić information content (AvgIpc) is 2.03. The average molecular weight is 212 g/mol. The van der Waals surface area contributed by atoms with Crippen LogP contribution in [0.4, 0.5) is 0 Å². The van der Waals surface area contributed by atoms with E-state index in [9.17, 15) is 8.42 Å². The van der Waals surface area contributed by atoms with E-state index in [0.717, 1.165) is 35.8 Å². The summed E-state index contributed by atoms with van der Waals surface area (Å²) in [6.07, 6.45) is 6.32. The number of nitrogens with zero attached hydrogens (tertiary/aromatic N) is 1. The maximum Gasteiger partial charge on any atom is 0.224 e. The molecule has 3 nitrogen and oxygen atoms in total. The molecule has 72 valence electrons. The fourth-order valence-corrected chi connectivity index (χ4v) is 2.50. The molecule has 1 fully saturated rings. The summed E-state index contributed by atoms with van der Waals surface area (Å²) in [6, 6.07) is 0.0235. The van der Waals surface area contributed by atoms with E-state index >= 15 is 0 Å². The van der Waals surface area contributed by atoms with Crippen LogP contribution in [0.1, 0.15) is 32.1 Å². The minimum Gasteiger partial charge on any atom is -0.211 e. The smallest absolute Gasteiger partial charge is 0.211 e. The van der Waals surface area contributed by atoms with Gasteiger partial charge in [-0.3, -0.25) is 0 Å². The molecule has 0 radical (unpaired) electrons. The van der Waals surface area contributed by atoms with Crippen LogP contribution in [-0.4, -0.2) is 24.5 Å². The first-order valence-corrected chi connectivity index (χ1v) is 6.35. The zero-order valence-corrected chi connectivity index (χ0v) is 8.74. The molecule has 0 aromatic carbocycles. The van der Waals surface area contributed by atoms with E-state index in [1.165, 1.54) is 6.42 Å². The lowest BCUT2D eigenvalue weighted by Crippen LogP contribution is -2.33. The molecule has 12 heavy (non-hydrogen) atoms. The Bertz CT molecular complexity index is 234. The SMILES string of the molecule is CS(=O)(=O)N(Cl)C1CCCCC1. The molecule has 0 bridgehead atoms. The van der Waals surface area contributed by atoms with Crippen LogP contribution in [-0.2, 0) is 10.0 Å². The van der Waals surface area contributed by atoms with Crippen molar-refractivity contribution in [2.24, 2.45) is 0 Å². The Labute approximate surface area is 78.9 Å². The predicted molar refractivity (Wildman–Crippen MR) is 49.4 cm³/mol. The minimum absolute atomic E-state index is 0.0235. The van der Waals surface area contributed by atoms with E-state index in [2.05, 4.69) is 0 Å². The number of rotatable bonds is 2. The Morgan fingerprint density at radius 3 is 2.17 bits per heavy atom. The van der Waals surface area contributed by atoms with Gasteiger partial charge in [0.25, 0.3) is 0 Å². The van der Waals surface area contributed by atoms with Crippen LogP contribution in [0.2, 0.25) is 0 Å². The Hall–Kier alpha value is 0.200. The zero-order valence-electron chi connectivity index (χ0n) is 7.16. The van der Waals surface area contributed by atoms with Gasteiger partial charge in [-0.15, -0.1) is 3.82 Å². The molecule has 0 aromatic rings. The summed E-state index contributed by atoms with van der Waals surface area (Å²) >= 11 is 5.68. The summed E-state index contributed by atoms with van der Waals surface area (Å²) in [5.41, 5.74) is 0. The van der Waals surface area contributed by atoms with Crippen molar-refractivity contribution in [3.05, 3.63) is 0 Å². The van der Waals surface area contributed by atoms with E-state index in [4.69, 9.17) is 11.8 Å². The Balaban J connectivity index is 2.57. The van der Waals surface area contributed by atoms with Crippen molar-refractivity contribution in [2.75, 3.05) is 6.26 Å². The van der Waals surface area contributed by atoms with Crippen molar-refractivity contribution in [3.8, 4) is 0 Å². The van der Waals surface area contributed by atoms with Gasteiger partial charge >= 0.3 is 0 Å². The van der Waals surface area contributed by atoms with E-state index in [1.807, 2.05) is 0 Å². The number of sulfonamides is 1. The van der Waals surface area contributed by atoms with Crippen LogP contribution >= 0.6 is 11.8 Å². The van der Waals surface area contributed by atoms with Crippen molar-refractivity contribution < 1.29 is 8.42 Å². The van der Waals surface area contributed by atoms with Crippen LogP contribution in [0.3, 0.4) is 0 Å². The summed E-state index contributed by atoms with van der Waals surface area (Å²) in [5.74, 6) is 0. The third-order valence-electron chi connectivity index (χ3n) is 2.18.